The first-order valence-corrected chi connectivity index (χ1v) is 22.6. The van der Waals surface area contributed by atoms with Crippen molar-refractivity contribution in [2.75, 3.05) is 0 Å². The van der Waals surface area contributed by atoms with Crippen molar-refractivity contribution in [3.8, 4) is 0 Å². The van der Waals surface area contributed by atoms with Crippen LogP contribution in [0.4, 0.5) is 0 Å². The third-order valence-corrected chi connectivity index (χ3v) is 21.2. The van der Waals surface area contributed by atoms with Crippen LogP contribution in [0, 0.1) is 23.2 Å². The molecule has 0 bridgehead atoms. The highest BCUT2D eigenvalue weighted by Crippen LogP contribution is 2.60. The predicted octanol–water partition coefficient (Wildman–Crippen LogP) is 11.8. The van der Waals surface area contributed by atoms with Crippen molar-refractivity contribution < 1.29 is 8.85 Å². The molecular formula is C37H66O2Si2. The molecule has 6 atom stereocenters. The molecule has 0 amide bonds. The lowest BCUT2D eigenvalue weighted by atomic mass is 9.61. The molecule has 0 N–H and O–H groups in total. The fourth-order valence-corrected chi connectivity index (χ4v) is 10.2. The average molecular weight is 599 g/mol. The van der Waals surface area contributed by atoms with E-state index in [1.807, 2.05) is 0 Å². The number of hydrogen-bond donors (Lipinski definition) is 0. The van der Waals surface area contributed by atoms with Crippen molar-refractivity contribution in [3.05, 3.63) is 47.6 Å². The Morgan fingerprint density at radius 3 is 2.17 bits per heavy atom. The maximum absolute atomic E-state index is 7.07. The minimum atomic E-state index is -1.95. The monoisotopic (exact) mass is 598 g/mol. The van der Waals surface area contributed by atoms with E-state index in [9.17, 15) is 0 Å². The van der Waals surface area contributed by atoms with Gasteiger partial charge in [-0.25, -0.2) is 0 Å². The summed E-state index contributed by atoms with van der Waals surface area (Å²) < 4.78 is 14.1. The third kappa shape index (κ3) is 7.70. The van der Waals surface area contributed by atoms with Crippen molar-refractivity contribution in [1.29, 1.82) is 0 Å². The SMILES string of the molecule is C=C1/C(=C/C=C2\CCC[C@@]3(C)C2CCC3[C@@H](C)CC=CC)C[C@@H](O[Si](C)(C)C(C)(C)C)C[C@@H]1O[Si](C)(C)C(C)(C)C. The largest absolute Gasteiger partial charge is 0.413 e. The van der Waals surface area contributed by atoms with Crippen LogP contribution < -0.4 is 0 Å². The highest BCUT2D eigenvalue weighted by atomic mass is 28.4. The van der Waals surface area contributed by atoms with Crippen molar-refractivity contribution in [2.24, 2.45) is 23.2 Å². The normalized spacial score (nSPS) is 33.1. The number of hydrogen-bond acceptors (Lipinski definition) is 2. The summed E-state index contributed by atoms with van der Waals surface area (Å²) in [4.78, 5) is 0. The standard InChI is InChI=1S/C37H66O2Si2/c1-15-16-18-27(2)32-22-23-33-29(19-17-24-37(32,33)10)20-21-30-25-31(38-40(11,12)35(4,5)6)26-34(28(30)3)39-41(13,14)36(7,8)9/h15-16,20-21,27,31-34H,3,17-19,22-26H2,1-2,4-14H3/b16-15?,29-20+,30-21+/t27-,31+,32?,33?,34-,37+/m0/s1. The first-order valence-electron chi connectivity index (χ1n) is 16.8. The van der Waals surface area contributed by atoms with Crippen molar-refractivity contribution >= 4 is 16.6 Å². The molecule has 3 saturated carbocycles. The maximum Gasteiger partial charge on any atom is 0.192 e. The van der Waals surface area contributed by atoms with E-state index in [4.69, 9.17) is 8.85 Å². The first-order chi connectivity index (χ1) is 18.7. The van der Waals surface area contributed by atoms with Crippen LogP contribution in [0.25, 0.3) is 0 Å². The van der Waals surface area contributed by atoms with E-state index in [0.29, 0.717) is 5.41 Å². The van der Waals surface area contributed by atoms with Crippen LogP contribution in [0.15, 0.2) is 47.6 Å². The summed E-state index contributed by atoms with van der Waals surface area (Å²) in [5.74, 6) is 2.31. The predicted molar refractivity (Wildman–Crippen MR) is 185 cm³/mol. The molecule has 3 aliphatic carbocycles. The Morgan fingerprint density at radius 2 is 1.59 bits per heavy atom. The zero-order chi connectivity index (χ0) is 31.0. The number of allylic oxidation sites excluding steroid dienone is 5. The fraction of sp³-hybridized carbons (Fsp3) is 0.784. The highest BCUT2D eigenvalue weighted by Gasteiger charge is 2.50. The second-order valence-corrected chi connectivity index (χ2v) is 26.7. The molecule has 0 heterocycles. The molecule has 3 aliphatic rings. The fourth-order valence-electron chi connectivity index (χ4n) is 7.49. The number of fused-ring (bicyclic) bond motifs is 1. The lowest BCUT2D eigenvalue weighted by Gasteiger charge is -2.46. The van der Waals surface area contributed by atoms with Gasteiger partial charge in [0.05, 0.1) is 12.2 Å². The third-order valence-electron chi connectivity index (χ3n) is 12.2. The van der Waals surface area contributed by atoms with Gasteiger partial charge >= 0.3 is 0 Å². The summed E-state index contributed by atoms with van der Waals surface area (Å²) >= 11 is 0. The second-order valence-electron chi connectivity index (χ2n) is 17.1. The molecule has 41 heavy (non-hydrogen) atoms. The molecule has 4 heteroatoms. The topological polar surface area (TPSA) is 18.5 Å². The molecule has 234 valence electrons. The zero-order valence-corrected chi connectivity index (χ0v) is 31.4. The van der Waals surface area contributed by atoms with E-state index < -0.39 is 16.6 Å². The Balaban J connectivity index is 1.91. The van der Waals surface area contributed by atoms with E-state index in [1.165, 1.54) is 49.7 Å². The van der Waals surface area contributed by atoms with Gasteiger partial charge in [-0.3, -0.25) is 0 Å². The zero-order valence-electron chi connectivity index (χ0n) is 29.4. The van der Waals surface area contributed by atoms with Gasteiger partial charge in [0.2, 0.25) is 0 Å². The Labute approximate surface area is 257 Å². The minimum absolute atomic E-state index is 0.0454. The van der Waals surface area contributed by atoms with E-state index in [-0.39, 0.29) is 22.3 Å². The average Bonchev–Trinajstić information content (AvgIpc) is 3.19. The van der Waals surface area contributed by atoms with Crippen LogP contribution in [-0.2, 0) is 8.85 Å². The van der Waals surface area contributed by atoms with Gasteiger partial charge in [0.15, 0.2) is 16.6 Å². The molecule has 3 rings (SSSR count). The molecule has 0 aromatic carbocycles. The number of rotatable bonds is 8. The van der Waals surface area contributed by atoms with E-state index in [0.717, 1.165) is 30.6 Å². The van der Waals surface area contributed by atoms with E-state index >= 15 is 0 Å². The summed E-state index contributed by atoms with van der Waals surface area (Å²) in [6.45, 7) is 35.5. The van der Waals surface area contributed by atoms with Gasteiger partial charge in [0.25, 0.3) is 0 Å². The Bertz CT molecular complexity index is 1020. The van der Waals surface area contributed by atoms with Crippen molar-refractivity contribution in [1.82, 2.24) is 0 Å². The summed E-state index contributed by atoms with van der Waals surface area (Å²) in [6, 6.07) is 0. The van der Waals surface area contributed by atoms with Crippen LogP contribution in [0.5, 0.6) is 0 Å². The first kappa shape index (κ1) is 34.8. The summed E-state index contributed by atoms with van der Waals surface area (Å²) in [7, 11) is -3.85. The van der Waals surface area contributed by atoms with Gasteiger partial charge in [0, 0.05) is 6.42 Å². The minimum Gasteiger partial charge on any atom is -0.413 e. The van der Waals surface area contributed by atoms with Gasteiger partial charge in [-0.1, -0.05) is 91.8 Å². The molecule has 0 saturated heterocycles. The molecule has 2 nitrogen and oxygen atoms in total. The van der Waals surface area contributed by atoms with E-state index in [2.05, 4.69) is 119 Å². The van der Waals surface area contributed by atoms with Gasteiger partial charge < -0.3 is 8.85 Å². The Kier molecular flexibility index (Phi) is 10.8. The van der Waals surface area contributed by atoms with Gasteiger partial charge in [-0.15, -0.1) is 0 Å². The van der Waals surface area contributed by atoms with Crippen LogP contribution in [-0.4, -0.2) is 28.8 Å². The molecule has 0 spiro atoms. The second kappa shape index (κ2) is 12.7. The highest BCUT2D eigenvalue weighted by molar-refractivity contribution is 6.74. The van der Waals surface area contributed by atoms with Gasteiger partial charge in [-0.05, 0) is 122 Å². The molecule has 0 radical (unpaired) electrons. The van der Waals surface area contributed by atoms with Crippen LogP contribution in [0.3, 0.4) is 0 Å². The van der Waals surface area contributed by atoms with Crippen molar-refractivity contribution in [3.63, 3.8) is 0 Å². The Hall–Kier alpha value is -0.686. The molecular weight excluding hydrogens is 533 g/mol. The van der Waals surface area contributed by atoms with Crippen LogP contribution in [0.1, 0.15) is 114 Å². The van der Waals surface area contributed by atoms with Crippen LogP contribution in [0.2, 0.25) is 36.3 Å². The quantitative estimate of drug-likeness (QED) is 0.204. The molecule has 0 aliphatic heterocycles. The summed E-state index contributed by atoms with van der Waals surface area (Å²) in [5.41, 5.74) is 4.69. The van der Waals surface area contributed by atoms with Gasteiger partial charge in [0.1, 0.15) is 0 Å². The van der Waals surface area contributed by atoms with Gasteiger partial charge in [-0.2, -0.15) is 0 Å². The Morgan fingerprint density at radius 1 is 0.976 bits per heavy atom. The summed E-state index contributed by atoms with van der Waals surface area (Å²) in [5, 5.41) is 0.362. The molecule has 3 fully saturated rings. The van der Waals surface area contributed by atoms with Crippen LogP contribution >= 0.6 is 0 Å². The lowest BCUT2D eigenvalue weighted by molar-refractivity contribution is 0.0965. The van der Waals surface area contributed by atoms with E-state index in [1.54, 1.807) is 5.57 Å². The molecule has 0 aromatic rings. The van der Waals surface area contributed by atoms with Crippen molar-refractivity contribution in [2.45, 2.75) is 162 Å². The smallest absolute Gasteiger partial charge is 0.192 e. The molecule has 0 aromatic heterocycles. The lowest BCUT2D eigenvalue weighted by Crippen LogP contribution is -2.49. The maximum atomic E-state index is 7.07. The molecule has 2 unspecified atom stereocenters. The summed E-state index contributed by atoms with van der Waals surface area (Å²) in [6.07, 6.45) is 19.6.